The molecular weight excluding hydrogens is 687 g/mol. The van der Waals surface area contributed by atoms with Crippen molar-refractivity contribution in [2.24, 2.45) is 5.92 Å². The summed E-state index contributed by atoms with van der Waals surface area (Å²) in [5.41, 5.74) is 5.86. The number of tetrazole rings is 1. The van der Waals surface area contributed by atoms with Crippen LogP contribution in [0.4, 0.5) is 15.8 Å². The van der Waals surface area contributed by atoms with Gasteiger partial charge in [0.25, 0.3) is 0 Å². The largest absolute Gasteiger partial charge is 0.481 e. The number of hydrogen-bond donors (Lipinski definition) is 4. The zero-order chi connectivity index (χ0) is 37.8. The number of unbranched alkanes of at least 4 members (excludes halogenated alkanes) is 1. The first-order valence-electron chi connectivity index (χ1n) is 16.9. The first-order valence-corrected chi connectivity index (χ1v) is 17.2. The number of carboxylic acid groups (broad SMARTS) is 2. The molecule has 0 unspecified atom stereocenters. The van der Waals surface area contributed by atoms with Gasteiger partial charge < -0.3 is 20.4 Å². The van der Waals surface area contributed by atoms with Crippen LogP contribution in [0.5, 0.6) is 0 Å². The van der Waals surface area contributed by atoms with Gasteiger partial charge in [-0.15, -0.1) is 10.2 Å². The smallest absolute Gasteiger partial charge is 0.326 e. The molecule has 4 N–H and O–H groups in total. The highest BCUT2D eigenvalue weighted by atomic mass is 35.5. The van der Waals surface area contributed by atoms with E-state index in [0.717, 1.165) is 40.7 Å². The lowest BCUT2D eigenvalue weighted by atomic mass is 9.97. The fraction of sp³-hybridized carbons (Fsp3) is 0.282. The number of carbonyl (C=O) groups excluding carboxylic acids is 1. The zero-order valence-electron chi connectivity index (χ0n) is 29.4. The number of carbonyl (C=O) groups is 3. The molecule has 0 aliphatic rings. The fourth-order valence-electron chi connectivity index (χ4n) is 5.69. The molecule has 0 bridgehead atoms. The minimum atomic E-state index is -0.976. The molecule has 1 heterocycles. The molecule has 272 valence electrons. The summed E-state index contributed by atoms with van der Waals surface area (Å²) in [6, 6.07) is 24.4. The molecule has 0 aliphatic heterocycles. The molecule has 0 saturated carbocycles. The second kappa shape index (κ2) is 18.6. The third-order valence-corrected chi connectivity index (χ3v) is 8.56. The fourth-order valence-corrected chi connectivity index (χ4v) is 5.90. The van der Waals surface area contributed by atoms with Gasteiger partial charge in [0.15, 0.2) is 0 Å². The number of hydrogen-bond acceptors (Lipinski definition) is 7. The number of aromatic nitrogens is 4. The van der Waals surface area contributed by atoms with E-state index in [-0.39, 0.29) is 35.5 Å². The molecule has 4 aromatic carbocycles. The molecule has 0 radical (unpaired) electrons. The average molecular weight is 729 g/mol. The minimum Gasteiger partial charge on any atom is -0.481 e. The number of amides is 1. The van der Waals surface area contributed by atoms with Crippen LogP contribution in [0.25, 0.3) is 22.5 Å². The maximum Gasteiger partial charge on any atom is 0.326 e. The van der Waals surface area contributed by atoms with Gasteiger partial charge in [0.05, 0.1) is 17.1 Å². The first kappa shape index (κ1) is 39.2. The van der Waals surface area contributed by atoms with Gasteiger partial charge in [-0.05, 0) is 64.9 Å². The number of anilines is 2. The molecule has 0 spiro atoms. The highest BCUT2D eigenvalue weighted by Gasteiger charge is 2.32. The molecule has 52 heavy (non-hydrogen) atoms. The third-order valence-electron chi connectivity index (χ3n) is 8.24. The van der Waals surface area contributed by atoms with Gasteiger partial charge in [0.2, 0.25) is 11.7 Å². The number of nitrogens with zero attached hydrogens (tertiary/aromatic N) is 4. The standard InChI is InChI=1S/C24H29N5O3.C15H13ClFNO2/c1-4-5-10-21(30)29(22(16(2)3)24(31)32)15-17-11-13-18(14-12-17)19-8-6-7-9-20(19)23-25-27-28-26-23;1-9-5-6-13(10(7-9)8-14(19)20)18-15-11(16)3-2-4-12(15)17/h6-9,11-14,16,22H,4-5,10,15H2,1-3H3,(H,31,32)(H,25,26,27,28);2-7,18H,8H2,1H3,(H,19,20)/t22-;/m0./s1. The summed E-state index contributed by atoms with van der Waals surface area (Å²) >= 11 is 5.95. The second-order valence-electron chi connectivity index (χ2n) is 12.6. The summed E-state index contributed by atoms with van der Waals surface area (Å²) in [6.45, 7) is 7.79. The Morgan fingerprint density at radius 2 is 1.67 bits per heavy atom. The van der Waals surface area contributed by atoms with E-state index >= 15 is 0 Å². The van der Waals surface area contributed by atoms with Crippen molar-refractivity contribution >= 4 is 40.8 Å². The number of halogens is 2. The predicted molar refractivity (Wildman–Crippen MR) is 199 cm³/mol. The number of para-hydroxylation sites is 1. The zero-order valence-corrected chi connectivity index (χ0v) is 30.2. The Balaban J connectivity index is 0.000000259. The summed E-state index contributed by atoms with van der Waals surface area (Å²) in [5.74, 6) is -2.22. The Labute approximate surface area is 306 Å². The lowest BCUT2D eigenvalue weighted by Crippen LogP contribution is -2.47. The molecule has 1 atom stereocenters. The molecule has 0 saturated heterocycles. The van der Waals surface area contributed by atoms with Crippen molar-refractivity contribution in [2.75, 3.05) is 5.32 Å². The molecule has 1 amide bonds. The van der Waals surface area contributed by atoms with Crippen molar-refractivity contribution in [2.45, 2.75) is 66.0 Å². The maximum absolute atomic E-state index is 13.7. The van der Waals surface area contributed by atoms with Crippen molar-refractivity contribution in [3.63, 3.8) is 0 Å². The summed E-state index contributed by atoms with van der Waals surface area (Å²) in [4.78, 5) is 37.2. The topological polar surface area (TPSA) is 161 Å². The van der Waals surface area contributed by atoms with E-state index in [1.54, 1.807) is 18.2 Å². The number of aliphatic carboxylic acids is 2. The minimum absolute atomic E-state index is 0.125. The molecule has 5 aromatic rings. The maximum atomic E-state index is 13.7. The molecule has 1 aromatic heterocycles. The number of aryl methyl sites for hydroxylation is 1. The number of aromatic amines is 1. The van der Waals surface area contributed by atoms with Gasteiger partial charge in [0.1, 0.15) is 11.9 Å². The van der Waals surface area contributed by atoms with Crippen LogP contribution in [0.1, 0.15) is 56.7 Å². The predicted octanol–water partition coefficient (Wildman–Crippen LogP) is 8.32. The Morgan fingerprint density at radius 1 is 0.962 bits per heavy atom. The van der Waals surface area contributed by atoms with E-state index in [0.29, 0.717) is 23.5 Å². The number of H-pyrrole nitrogens is 1. The number of benzene rings is 4. The van der Waals surface area contributed by atoms with E-state index in [1.165, 1.54) is 17.0 Å². The van der Waals surface area contributed by atoms with Gasteiger partial charge in [-0.25, -0.2) is 9.18 Å². The summed E-state index contributed by atoms with van der Waals surface area (Å²) in [6.07, 6.45) is 1.83. The number of nitrogens with one attached hydrogen (secondary N) is 2. The van der Waals surface area contributed by atoms with Crippen LogP contribution in [-0.2, 0) is 27.3 Å². The van der Waals surface area contributed by atoms with E-state index in [1.807, 2.05) is 82.3 Å². The highest BCUT2D eigenvalue weighted by Crippen LogP contribution is 2.31. The SMILES string of the molecule is CCCCC(=O)N(Cc1ccc(-c2ccccc2-c2nn[nH]n2)cc1)[C@H](C(=O)O)C(C)C.Cc1ccc(Nc2c(F)cccc2Cl)c(CC(=O)O)c1. The molecular formula is C39H42ClFN6O5. The lowest BCUT2D eigenvalue weighted by Gasteiger charge is -2.32. The first-order chi connectivity index (χ1) is 24.9. The molecule has 11 nitrogen and oxygen atoms in total. The molecule has 13 heteroatoms. The summed E-state index contributed by atoms with van der Waals surface area (Å²) in [5, 5.41) is 36.1. The Hall–Kier alpha value is -5.62. The number of rotatable bonds is 14. The van der Waals surface area contributed by atoms with Crippen LogP contribution in [0.2, 0.25) is 5.02 Å². The van der Waals surface area contributed by atoms with E-state index in [4.69, 9.17) is 16.7 Å². The second-order valence-corrected chi connectivity index (χ2v) is 13.0. The van der Waals surface area contributed by atoms with Gasteiger partial charge in [-0.2, -0.15) is 5.21 Å². The Kier molecular flexibility index (Phi) is 14.0. The van der Waals surface area contributed by atoms with Gasteiger partial charge in [0, 0.05) is 24.2 Å². The van der Waals surface area contributed by atoms with Crippen molar-refractivity contribution in [1.29, 1.82) is 0 Å². The summed E-state index contributed by atoms with van der Waals surface area (Å²) < 4.78 is 13.7. The lowest BCUT2D eigenvalue weighted by molar-refractivity contribution is -0.153. The Bertz CT molecular complexity index is 1950. The van der Waals surface area contributed by atoms with Crippen LogP contribution in [0.3, 0.4) is 0 Å². The van der Waals surface area contributed by atoms with Gasteiger partial charge in [-0.1, -0.05) is 111 Å². The molecule has 0 fully saturated rings. The normalized spacial score (nSPS) is 11.4. The monoisotopic (exact) mass is 728 g/mol. The van der Waals surface area contributed by atoms with Crippen molar-refractivity contribution in [1.82, 2.24) is 25.5 Å². The number of carboxylic acids is 2. The van der Waals surface area contributed by atoms with Crippen molar-refractivity contribution in [3.8, 4) is 22.5 Å². The quantitative estimate of drug-likeness (QED) is 0.0881. The van der Waals surface area contributed by atoms with Gasteiger partial charge >= 0.3 is 11.9 Å². The van der Waals surface area contributed by atoms with Crippen LogP contribution >= 0.6 is 11.6 Å². The third kappa shape index (κ3) is 10.5. The van der Waals surface area contributed by atoms with Crippen LogP contribution in [0.15, 0.2) is 84.9 Å². The van der Waals surface area contributed by atoms with Gasteiger partial charge in [-0.3, -0.25) is 9.59 Å². The highest BCUT2D eigenvalue weighted by molar-refractivity contribution is 6.33. The van der Waals surface area contributed by atoms with Crippen molar-refractivity contribution in [3.05, 3.63) is 112 Å². The average Bonchev–Trinajstić information content (AvgIpc) is 3.65. The van der Waals surface area contributed by atoms with E-state index in [2.05, 4.69) is 25.9 Å². The van der Waals surface area contributed by atoms with E-state index < -0.39 is 23.8 Å². The Morgan fingerprint density at radius 3 is 2.27 bits per heavy atom. The van der Waals surface area contributed by atoms with Crippen LogP contribution in [-0.4, -0.2) is 59.6 Å². The molecule has 0 aliphatic carbocycles. The van der Waals surface area contributed by atoms with Crippen LogP contribution < -0.4 is 5.32 Å². The summed E-state index contributed by atoms with van der Waals surface area (Å²) in [7, 11) is 0. The van der Waals surface area contributed by atoms with E-state index in [9.17, 15) is 23.9 Å². The van der Waals surface area contributed by atoms with Crippen molar-refractivity contribution < 1.29 is 29.0 Å². The molecule has 5 rings (SSSR count). The van der Waals surface area contributed by atoms with Crippen LogP contribution in [0, 0.1) is 18.7 Å².